The van der Waals surface area contributed by atoms with Crippen LogP contribution in [-0.2, 0) is 4.74 Å². The van der Waals surface area contributed by atoms with Gasteiger partial charge < -0.3 is 14.5 Å². The number of rotatable bonds is 4. The van der Waals surface area contributed by atoms with Crippen LogP contribution in [-0.4, -0.2) is 27.9 Å². The van der Waals surface area contributed by atoms with Crippen LogP contribution in [0.15, 0.2) is 61.1 Å². The van der Waals surface area contributed by atoms with E-state index >= 15 is 0 Å². The van der Waals surface area contributed by atoms with Gasteiger partial charge in [0.15, 0.2) is 0 Å². The van der Waals surface area contributed by atoms with Crippen molar-refractivity contribution in [3.63, 3.8) is 0 Å². The number of aromatic nitrogens is 2. The first-order valence-electron chi connectivity index (χ1n) is 8.21. The van der Waals surface area contributed by atoms with Crippen LogP contribution in [0.4, 0.5) is 0 Å². The van der Waals surface area contributed by atoms with Gasteiger partial charge in [-0.1, -0.05) is 30.3 Å². The van der Waals surface area contributed by atoms with E-state index in [1.165, 1.54) is 5.56 Å². The molecule has 1 saturated heterocycles. The van der Waals surface area contributed by atoms with E-state index in [0.29, 0.717) is 12.2 Å². The quantitative estimate of drug-likeness (QED) is 0.804. The minimum atomic E-state index is -0.162. The number of amides is 1. The third-order valence-electron chi connectivity index (χ3n) is 4.42. The summed E-state index contributed by atoms with van der Waals surface area (Å²) in [7, 11) is 0. The maximum atomic E-state index is 12.3. The average molecular weight is 321 g/mol. The first kappa shape index (κ1) is 14.9. The van der Waals surface area contributed by atoms with Gasteiger partial charge >= 0.3 is 0 Å². The van der Waals surface area contributed by atoms with Crippen molar-refractivity contribution in [1.82, 2.24) is 14.7 Å². The zero-order valence-electron chi connectivity index (χ0n) is 13.3. The highest BCUT2D eigenvalue weighted by Gasteiger charge is 2.26. The van der Waals surface area contributed by atoms with Gasteiger partial charge in [-0.05, 0) is 36.6 Å². The van der Waals surface area contributed by atoms with E-state index in [1.54, 1.807) is 12.4 Å². The Kier molecular flexibility index (Phi) is 4.01. The molecule has 1 aromatic carbocycles. The lowest BCUT2D eigenvalue weighted by atomic mass is 10.1. The van der Waals surface area contributed by atoms with Gasteiger partial charge in [0.1, 0.15) is 5.69 Å². The molecule has 5 nitrogen and oxygen atoms in total. The molecular weight excluding hydrogens is 302 g/mol. The number of fused-ring (bicyclic) bond motifs is 1. The molecule has 0 unspecified atom stereocenters. The number of carbonyl (C=O) groups excluding carboxylic acids is 1. The normalized spacial score (nSPS) is 20.3. The molecule has 1 N–H and O–H groups in total. The second-order valence-electron chi connectivity index (χ2n) is 6.06. The predicted octanol–water partition coefficient (Wildman–Crippen LogP) is 2.98. The first-order valence-corrected chi connectivity index (χ1v) is 8.21. The van der Waals surface area contributed by atoms with Crippen LogP contribution in [0.3, 0.4) is 0 Å². The monoisotopic (exact) mass is 321 g/mol. The number of hydrogen-bond acceptors (Lipinski definition) is 3. The Morgan fingerprint density at radius 2 is 2.08 bits per heavy atom. The molecule has 0 radical (unpaired) electrons. The summed E-state index contributed by atoms with van der Waals surface area (Å²) < 4.78 is 7.93. The molecule has 4 rings (SSSR count). The molecule has 1 fully saturated rings. The molecule has 0 saturated carbocycles. The first-order chi connectivity index (χ1) is 11.8. The highest BCUT2D eigenvalue weighted by atomic mass is 16.5. The van der Waals surface area contributed by atoms with E-state index < -0.39 is 0 Å². The summed E-state index contributed by atoms with van der Waals surface area (Å²) in [6, 6.07) is 15.9. The molecule has 0 spiro atoms. The summed E-state index contributed by atoms with van der Waals surface area (Å²) in [5.74, 6) is -0.162. The van der Waals surface area contributed by atoms with Crippen LogP contribution < -0.4 is 5.32 Å². The molecule has 3 heterocycles. The van der Waals surface area contributed by atoms with Gasteiger partial charge in [0, 0.05) is 18.3 Å². The van der Waals surface area contributed by atoms with Crippen LogP contribution >= 0.6 is 0 Å². The maximum Gasteiger partial charge on any atom is 0.270 e. The van der Waals surface area contributed by atoms with E-state index in [1.807, 2.05) is 40.9 Å². The molecule has 0 bridgehead atoms. The fourth-order valence-corrected chi connectivity index (χ4v) is 3.13. The third-order valence-corrected chi connectivity index (χ3v) is 4.42. The van der Waals surface area contributed by atoms with Gasteiger partial charge in [-0.15, -0.1) is 0 Å². The molecule has 1 aliphatic heterocycles. The summed E-state index contributed by atoms with van der Waals surface area (Å²) in [5, 5.41) is 2.93. The van der Waals surface area contributed by atoms with E-state index in [2.05, 4.69) is 22.4 Å². The van der Waals surface area contributed by atoms with Gasteiger partial charge in [-0.3, -0.25) is 4.79 Å². The topological polar surface area (TPSA) is 55.6 Å². The standard InChI is InChI=1S/C19H19N3O2/c23-19(17-11-15-7-4-10-22(15)13-21-17)20-12-16-8-9-18(24-16)14-5-2-1-3-6-14/h1-7,10-11,13,16,18H,8-9,12H2,(H,20,23)/t16-,18-/m1/s1. The van der Waals surface area contributed by atoms with Crippen LogP contribution in [0.1, 0.15) is 35.0 Å². The number of nitrogens with one attached hydrogen (secondary N) is 1. The molecule has 2 aromatic heterocycles. The molecule has 5 heteroatoms. The van der Waals surface area contributed by atoms with Crippen molar-refractivity contribution in [2.24, 2.45) is 0 Å². The van der Waals surface area contributed by atoms with Crippen molar-refractivity contribution >= 4 is 11.4 Å². The van der Waals surface area contributed by atoms with E-state index in [9.17, 15) is 4.79 Å². The third kappa shape index (κ3) is 3.03. The number of hydrogen-bond donors (Lipinski definition) is 1. The number of nitrogens with zero attached hydrogens (tertiary/aromatic N) is 2. The zero-order chi connectivity index (χ0) is 16.4. The van der Waals surface area contributed by atoms with Gasteiger partial charge in [-0.25, -0.2) is 4.98 Å². The van der Waals surface area contributed by atoms with Crippen LogP contribution in [0, 0.1) is 0 Å². The lowest BCUT2D eigenvalue weighted by Gasteiger charge is -2.14. The number of benzene rings is 1. The van der Waals surface area contributed by atoms with E-state index in [4.69, 9.17) is 4.74 Å². The molecule has 1 amide bonds. The Morgan fingerprint density at radius 3 is 2.96 bits per heavy atom. The van der Waals surface area contributed by atoms with Gasteiger partial charge in [0.2, 0.25) is 0 Å². The van der Waals surface area contributed by atoms with Crippen molar-refractivity contribution in [3.8, 4) is 0 Å². The lowest BCUT2D eigenvalue weighted by molar-refractivity contribution is 0.0435. The Balaban J connectivity index is 1.34. The minimum absolute atomic E-state index is 0.0520. The SMILES string of the molecule is O=C(NC[C@H]1CC[C@H](c2ccccc2)O1)c1cc2cccn2cn1. The molecule has 122 valence electrons. The van der Waals surface area contributed by atoms with Crippen molar-refractivity contribution < 1.29 is 9.53 Å². The highest BCUT2D eigenvalue weighted by molar-refractivity contribution is 5.93. The van der Waals surface area contributed by atoms with Gasteiger partial charge in [-0.2, -0.15) is 0 Å². The fourth-order valence-electron chi connectivity index (χ4n) is 3.13. The number of carbonyl (C=O) groups is 1. The Hall–Kier alpha value is -2.66. The summed E-state index contributed by atoms with van der Waals surface area (Å²) in [4.78, 5) is 16.5. The predicted molar refractivity (Wildman–Crippen MR) is 90.8 cm³/mol. The van der Waals surface area contributed by atoms with Crippen molar-refractivity contribution in [2.75, 3.05) is 6.54 Å². The fraction of sp³-hybridized carbons (Fsp3) is 0.263. The van der Waals surface area contributed by atoms with Crippen molar-refractivity contribution in [2.45, 2.75) is 25.0 Å². The highest BCUT2D eigenvalue weighted by Crippen LogP contribution is 2.32. The summed E-state index contributed by atoms with van der Waals surface area (Å²) in [6.07, 6.45) is 5.67. The minimum Gasteiger partial charge on any atom is -0.368 e. The Morgan fingerprint density at radius 1 is 1.21 bits per heavy atom. The molecule has 24 heavy (non-hydrogen) atoms. The Labute approximate surface area is 140 Å². The summed E-state index contributed by atoms with van der Waals surface area (Å²) in [5.41, 5.74) is 2.59. The average Bonchev–Trinajstić information content (AvgIpc) is 3.29. The Bertz CT molecular complexity index is 844. The lowest BCUT2D eigenvalue weighted by Crippen LogP contribution is -2.32. The molecular formula is C19H19N3O2. The van der Waals surface area contributed by atoms with Crippen LogP contribution in [0.25, 0.3) is 5.52 Å². The van der Waals surface area contributed by atoms with Crippen LogP contribution in [0.2, 0.25) is 0 Å². The van der Waals surface area contributed by atoms with Gasteiger partial charge in [0.25, 0.3) is 5.91 Å². The largest absolute Gasteiger partial charge is 0.368 e. The summed E-state index contributed by atoms with van der Waals surface area (Å²) in [6.45, 7) is 0.510. The molecule has 3 aromatic rings. The van der Waals surface area contributed by atoms with Gasteiger partial charge in [0.05, 0.1) is 18.5 Å². The van der Waals surface area contributed by atoms with Crippen LogP contribution in [0.5, 0.6) is 0 Å². The van der Waals surface area contributed by atoms with Crippen molar-refractivity contribution in [1.29, 1.82) is 0 Å². The maximum absolute atomic E-state index is 12.3. The molecule has 2 atom stereocenters. The molecule has 1 aliphatic rings. The molecule has 0 aliphatic carbocycles. The van der Waals surface area contributed by atoms with Crippen molar-refractivity contribution in [3.05, 3.63) is 72.3 Å². The van der Waals surface area contributed by atoms with E-state index in [0.717, 1.165) is 18.4 Å². The van der Waals surface area contributed by atoms with E-state index in [-0.39, 0.29) is 18.1 Å². The second kappa shape index (κ2) is 6.45. The smallest absolute Gasteiger partial charge is 0.270 e. The zero-order valence-corrected chi connectivity index (χ0v) is 13.3. The summed E-state index contributed by atoms with van der Waals surface area (Å²) >= 11 is 0. The second-order valence-corrected chi connectivity index (χ2v) is 6.06. The number of ether oxygens (including phenoxy) is 1.